The molecule has 1 aromatic heterocycles. The molecule has 0 unspecified atom stereocenters. The summed E-state index contributed by atoms with van der Waals surface area (Å²) in [5.74, 6) is 0.405. The van der Waals surface area contributed by atoms with E-state index in [2.05, 4.69) is 5.32 Å². The molecule has 0 aliphatic rings. The van der Waals surface area contributed by atoms with Gasteiger partial charge in [0.05, 0.1) is 12.7 Å². The maximum atomic E-state index is 13.2. The number of nitrogens with one attached hydrogen (secondary N) is 1. The van der Waals surface area contributed by atoms with E-state index in [-0.39, 0.29) is 11.3 Å². The molecule has 4 nitrogen and oxygen atoms in total. The van der Waals surface area contributed by atoms with Gasteiger partial charge in [0.2, 0.25) is 0 Å². The van der Waals surface area contributed by atoms with Gasteiger partial charge in [-0.05, 0) is 42.0 Å². The number of carbonyl (C=O) groups is 1. The van der Waals surface area contributed by atoms with E-state index < -0.39 is 0 Å². The van der Waals surface area contributed by atoms with Crippen molar-refractivity contribution in [1.82, 2.24) is 0 Å². The molecule has 5 heteroatoms. The summed E-state index contributed by atoms with van der Waals surface area (Å²) in [5, 5.41) is 4.12. The topological polar surface area (TPSA) is 55.4 Å². The summed E-state index contributed by atoms with van der Waals surface area (Å²) in [4.78, 5) is 26.0. The first-order valence-corrected chi connectivity index (χ1v) is 9.55. The highest BCUT2D eigenvalue weighted by atomic mass is 32.1. The molecule has 0 fully saturated rings. The van der Waals surface area contributed by atoms with Crippen molar-refractivity contribution < 1.29 is 9.53 Å². The second-order valence-electron chi connectivity index (χ2n) is 6.18. The number of methoxy groups -OCH3 is 1. The van der Waals surface area contributed by atoms with Crippen molar-refractivity contribution >= 4 is 32.3 Å². The number of carbonyl (C=O) groups excluding carboxylic acids is 1. The number of anilines is 1. The van der Waals surface area contributed by atoms with Crippen molar-refractivity contribution in [3.05, 3.63) is 94.6 Å². The summed E-state index contributed by atoms with van der Waals surface area (Å²) in [6.07, 6.45) is 0. The Morgan fingerprint density at radius 2 is 1.57 bits per heavy atom. The molecule has 1 amide bonds. The Bertz CT molecular complexity index is 1200. The van der Waals surface area contributed by atoms with E-state index in [0.717, 1.165) is 10.3 Å². The second-order valence-corrected chi connectivity index (χ2v) is 7.23. The largest absolute Gasteiger partial charge is 0.497 e. The Labute approximate surface area is 166 Å². The van der Waals surface area contributed by atoms with Crippen LogP contribution in [0.15, 0.2) is 83.7 Å². The summed E-state index contributed by atoms with van der Waals surface area (Å²) in [6.45, 7) is 0. The summed E-state index contributed by atoms with van der Waals surface area (Å²) >= 11 is 1.40. The molecule has 0 spiro atoms. The molecular formula is C23H17NO3S. The lowest BCUT2D eigenvalue weighted by Crippen LogP contribution is -2.15. The predicted octanol–water partition coefficient (Wildman–Crippen LogP) is 5.19. The van der Waals surface area contributed by atoms with Gasteiger partial charge >= 0.3 is 0 Å². The van der Waals surface area contributed by atoms with Crippen LogP contribution in [0.4, 0.5) is 5.00 Å². The van der Waals surface area contributed by atoms with Crippen molar-refractivity contribution in [2.45, 2.75) is 0 Å². The van der Waals surface area contributed by atoms with Crippen LogP contribution in [0.5, 0.6) is 5.75 Å². The highest BCUT2D eigenvalue weighted by molar-refractivity contribution is 7.22. The molecule has 0 saturated carbocycles. The first-order chi connectivity index (χ1) is 13.7. The van der Waals surface area contributed by atoms with Gasteiger partial charge in [0.25, 0.3) is 5.91 Å². The Balaban J connectivity index is 1.83. The van der Waals surface area contributed by atoms with Crippen molar-refractivity contribution in [2.24, 2.45) is 0 Å². The van der Waals surface area contributed by atoms with Gasteiger partial charge in [0.1, 0.15) is 10.8 Å². The fraction of sp³-hybridized carbons (Fsp3) is 0.0435. The lowest BCUT2D eigenvalue weighted by atomic mass is 10.1. The van der Waals surface area contributed by atoms with Crippen LogP contribution >= 0.6 is 11.3 Å². The quantitative estimate of drug-likeness (QED) is 0.524. The van der Waals surface area contributed by atoms with Gasteiger partial charge in [-0.25, -0.2) is 0 Å². The molecule has 138 valence electrons. The van der Waals surface area contributed by atoms with Crippen LogP contribution in [0.1, 0.15) is 10.4 Å². The van der Waals surface area contributed by atoms with E-state index in [0.29, 0.717) is 27.3 Å². The van der Waals surface area contributed by atoms with Crippen LogP contribution in [0, 0.1) is 0 Å². The van der Waals surface area contributed by atoms with Gasteiger partial charge in [0.15, 0.2) is 5.43 Å². The van der Waals surface area contributed by atoms with Crippen LogP contribution in [0.3, 0.4) is 0 Å². The lowest BCUT2D eigenvalue weighted by molar-refractivity contribution is 0.102. The second kappa shape index (κ2) is 7.66. The van der Waals surface area contributed by atoms with E-state index in [9.17, 15) is 9.59 Å². The van der Waals surface area contributed by atoms with Crippen LogP contribution in [0.25, 0.3) is 21.2 Å². The highest BCUT2D eigenvalue weighted by Crippen LogP contribution is 2.33. The van der Waals surface area contributed by atoms with Gasteiger partial charge in [-0.3, -0.25) is 9.59 Å². The first kappa shape index (κ1) is 17.9. The van der Waals surface area contributed by atoms with Crippen molar-refractivity contribution in [3.63, 3.8) is 0 Å². The Morgan fingerprint density at radius 3 is 2.29 bits per heavy atom. The standard InChI is InChI=1S/C23H17NO3S/c1-27-17-13-11-16(12-14-17)22(26)24-23-20(15-7-3-2-4-8-15)21(25)18-9-5-6-10-19(18)28-23/h2-14H,1H3,(H,24,26). The van der Waals surface area contributed by atoms with Gasteiger partial charge in [-0.2, -0.15) is 0 Å². The van der Waals surface area contributed by atoms with E-state index >= 15 is 0 Å². The minimum atomic E-state index is -0.272. The predicted molar refractivity (Wildman–Crippen MR) is 114 cm³/mol. The molecule has 1 N–H and O–H groups in total. The molecular weight excluding hydrogens is 370 g/mol. The van der Waals surface area contributed by atoms with E-state index in [1.807, 2.05) is 54.6 Å². The first-order valence-electron chi connectivity index (χ1n) is 8.74. The zero-order chi connectivity index (χ0) is 19.5. The molecule has 1 heterocycles. The third kappa shape index (κ3) is 3.40. The smallest absolute Gasteiger partial charge is 0.256 e. The number of hydrogen-bond acceptors (Lipinski definition) is 4. The molecule has 0 bridgehead atoms. The zero-order valence-corrected chi connectivity index (χ0v) is 16.0. The molecule has 28 heavy (non-hydrogen) atoms. The Hall–Kier alpha value is -3.44. The normalized spacial score (nSPS) is 10.6. The van der Waals surface area contributed by atoms with E-state index in [1.165, 1.54) is 11.3 Å². The molecule has 0 radical (unpaired) electrons. The van der Waals surface area contributed by atoms with Crippen molar-refractivity contribution in [3.8, 4) is 16.9 Å². The maximum Gasteiger partial charge on any atom is 0.256 e. The average molecular weight is 387 g/mol. The molecule has 3 aromatic carbocycles. The lowest BCUT2D eigenvalue weighted by Gasteiger charge is -2.12. The minimum Gasteiger partial charge on any atom is -0.497 e. The highest BCUT2D eigenvalue weighted by Gasteiger charge is 2.17. The number of rotatable bonds is 4. The van der Waals surface area contributed by atoms with Gasteiger partial charge in [-0.1, -0.05) is 42.5 Å². The number of amides is 1. The number of benzene rings is 3. The van der Waals surface area contributed by atoms with Crippen LogP contribution in [-0.2, 0) is 0 Å². The van der Waals surface area contributed by atoms with Crippen LogP contribution in [-0.4, -0.2) is 13.0 Å². The Morgan fingerprint density at radius 1 is 0.893 bits per heavy atom. The third-order valence-corrected chi connectivity index (χ3v) is 5.53. The SMILES string of the molecule is COc1ccc(C(=O)Nc2sc3ccccc3c(=O)c2-c2ccccc2)cc1. The van der Waals surface area contributed by atoms with Gasteiger partial charge in [0, 0.05) is 15.6 Å². The fourth-order valence-electron chi connectivity index (χ4n) is 3.01. The van der Waals surface area contributed by atoms with Gasteiger partial charge < -0.3 is 10.1 Å². The summed E-state index contributed by atoms with van der Waals surface area (Å²) < 4.78 is 5.97. The molecule has 4 rings (SSSR count). The zero-order valence-electron chi connectivity index (χ0n) is 15.1. The number of fused-ring (bicyclic) bond motifs is 1. The average Bonchev–Trinajstić information content (AvgIpc) is 2.74. The minimum absolute atomic E-state index is 0.0921. The molecule has 0 aliphatic carbocycles. The monoisotopic (exact) mass is 387 g/mol. The van der Waals surface area contributed by atoms with Crippen LogP contribution < -0.4 is 15.5 Å². The summed E-state index contributed by atoms with van der Waals surface area (Å²) in [5.41, 5.74) is 1.68. The number of hydrogen-bond donors (Lipinski definition) is 1. The molecule has 0 aliphatic heterocycles. The van der Waals surface area contributed by atoms with E-state index in [1.54, 1.807) is 31.4 Å². The maximum absolute atomic E-state index is 13.2. The summed E-state index contributed by atoms with van der Waals surface area (Å²) in [6, 6.07) is 23.7. The van der Waals surface area contributed by atoms with Crippen LogP contribution in [0.2, 0.25) is 0 Å². The molecule has 0 saturated heterocycles. The van der Waals surface area contributed by atoms with Crippen molar-refractivity contribution in [1.29, 1.82) is 0 Å². The van der Waals surface area contributed by atoms with Gasteiger partial charge in [-0.15, -0.1) is 11.3 Å². The Kier molecular flexibility index (Phi) is 4.91. The van der Waals surface area contributed by atoms with Crippen molar-refractivity contribution in [2.75, 3.05) is 12.4 Å². The molecule has 4 aromatic rings. The molecule has 0 atom stereocenters. The third-order valence-electron chi connectivity index (χ3n) is 4.44. The van der Waals surface area contributed by atoms with E-state index in [4.69, 9.17) is 4.74 Å². The number of ether oxygens (including phenoxy) is 1. The fourth-order valence-corrected chi connectivity index (χ4v) is 4.11. The summed E-state index contributed by atoms with van der Waals surface area (Å²) in [7, 11) is 1.58.